The Hall–Kier alpha value is -1.51. The average molecular weight is 341 g/mol. The number of fused-ring (bicyclic) bond motifs is 2. The maximum absolute atomic E-state index is 6.33. The van der Waals surface area contributed by atoms with E-state index < -0.39 is 0 Å². The Bertz CT molecular complexity index is 859. The Balaban J connectivity index is 1.77. The van der Waals surface area contributed by atoms with Crippen LogP contribution in [-0.2, 0) is 18.6 Å². The molecule has 1 heterocycles. The molecule has 3 heteroatoms. The highest BCUT2D eigenvalue weighted by molar-refractivity contribution is 7.98. The Kier molecular flexibility index (Phi) is 4.28. The lowest BCUT2D eigenvalue weighted by molar-refractivity contribution is -0.359. The molecule has 2 aromatic carbocycles. The number of aromatic nitrogens is 1. The van der Waals surface area contributed by atoms with Gasteiger partial charge in [0.15, 0.2) is 5.69 Å². The van der Waals surface area contributed by atoms with E-state index >= 15 is 0 Å². The first-order chi connectivity index (χ1) is 11.3. The van der Waals surface area contributed by atoms with Crippen molar-refractivity contribution >= 4 is 34.3 Å². The van der Waals surface area contributed by atoms with Crippen molar-refractivity contribution in [1.29, 1.82) is 0 Å². The number of para-hydroxylation sites is 1. The summed E-state index contributed by atoms with van der Waals surface area (Å²) < 4.78 is 0. The van der Waals surface area contributed by atoms with Crippen LogP contribution in [0.3, 0.4) is 0 Å². The number of aromatic amines is 1. The van der Waals surface area contributed by atoms with E-state index in [0.717, 1.165) is 10.8 Å². The molecule has 0 atom stereocenters. The van der Waals surface area contributed by atoms with Gasteiger partial charge in [0.2, 0.25) is 5.52 Å². The third-order valence-corrected chi connectivity index (χ3v) is 6.11. The molecule has 0 saturated heterocycles. The Morgan fingerprint density at radius 2 is 1.74 bits per heavy atom. The second-order valence-electron chi connectivity index (χ2n) is 6.04. The van der Waals surface area contributed by atoms with Gasteiger partial charge in [-0.2, -0.15) is 0 Å². The lowest BCUT2D eigenvalue weighted by Gasteiger charge is -2.16. The Morgan fingerprint density at radius 1 is 0.957 bits per heavy atom. The number of pyridine rings is 1. The Labute approximate surface area is 146 Å². The third kappa shape index (κ3) is 2.98. The molecule has 0 bridgehead atoms. The summed E-state index contributed by atoms with van der Waals surface area (Å²) in [6, 6.07) is 16.8. The van der Waals surface area contributed by atoms with Crippen LogP contribution in [0.2, 0.25) is 5.02 Å². The van der Waals surface area contributed by atoms with Crippen molar-refractivity contribution in [2.24, 2.45) is 0 Å². The summed E-state index contributed by atoms with van der Waals surface area (Å²) in [5, 5.41) is 2.20. The van der Waals surface area contributed by atoms with E-state index in [0.29, 0.717) is 0 Å². The zero-order valence-corrected chi connectivity index (χ0v) is 14.5. The van der Waals surface area contributed by atoms with E-state index in [1.807, 2.05) is 23.9 Å². The molecule has 1 nitrogen and oxygen atoms in total. The van der Waals surface area contributed by atoms with Crippen LogP contribution in [-0.4, -0.2) is 0 Å². The van der Waals surface area contributed by atoms with Crippen LogP contribution in [0.25, 0.3) is 10.9 Å². The zero-order chi connectivity index (χ0) is 15.6. The Morgan fingerprint density at radius 3 is 2.65 bits per heavy atom. The lowest BCUT2D eigenvalue weighted by atomic mass is 9.94. The van der Waals surface area contributed by atoms with Crippen molar-refractivity contribution in [1.82, 2.24) is 0 Å². The van der Waals surface area contributed by atoms with Gasteiger partial charge in [0, 0.05) is 33.7 Å². The second-order valence-corrected chi connectivity index (χ2v) is 7.44. The highest BCUT2D eigenvalue weighted by atomic mass is 35.5. The van der Waals surface area contributed by atoms with Gasteiger partial charge in [0.1, 0.15) is 0 Å². The maximum atomic E-state index is 6.33. The number of nitrogens with one attached hydrogen (secondary N) is 1. The van der Waals surface area contributed by atoms with Crippen LogP contribution >= 0.6 is 23.4 Å². The van der Waals surface area contributed by atoms with Crippen LogP contribution in [0.4, 0.5) is 0 Å². The van der Waals surface area contributed by atoms with Gasteiger partial charge < -0.3 is 0 Å². The van der Waals surface area contributed by atoms with Gasteiger partial charge in [-0.05, 0) is 37.0 Å². The number of benzene rings is 2. The standard InChI is InChI=1S/C20H18ClNS/c21-17-10-4-1-7-14(17)13-23-20-15-8-2-5-11-18(15)22-19-12-6-3-9-16(19)20/h1-2,4-5,7-8,10-11H,3,6,9,12-13H2/p+1. The second kappa shape index (κ2) is 6.54. The molecular formula is C20H19ClNS+. The van der Waals surface area contributed by atoms with E-state index in [9.17, 15) is 0 Å². The lowest BCUT2D eigenvalue weighted by Crippen LogP contribution is -2.20. The fourth-order valence-electron chi connectivity index (χ4n) is 3.34. The van der Waals surface area contributed by atoms with Gasteiger partial charge in [0.25, 0.3) is 0 Å². The van der Waals surface area contributed by atoms with Gasteiger partial charge in [-0.3, -0.25) is 0 Å². The summed E-state index contributed by atoms with van der Waals surface area (Å²) in [4.78, 5) is 5.10. The first-order valence-corrected chi connectivity index (χ1v) is 9.51. The first kappa shape index (κ1) is 15.0. The van der Waals surface area contributed by atoms with Crippen LogP contribution in [0, 0.1) is 0 Å². The number of aryl methyl sites for hydroxylation is 1. The summed E-state index contributed by atoms with van der Waals surface area (Å²) in [5.41, 5.74) is 5.40. The van der Waals surface area contributed by atoms with E-state index in [2.05, 4.69) is 41.4 Å². The number of hydrogen-bond acceptors (Lipinski definition) is 1. The van der Waals surface area contributed by atoms with Crippen LogP contribution in [0.5, 0.6) is 0 Å². The first-order valence-electron chi connectivity index (χ1n) is 8.15. The topological polar surface area (TPSA) is 14.1 Å². The molecule has 23 heavy (non-hydrogen) atoms. The molecule has 1 aliphatic rings. The maximum Gasteiger partial charge on any atom is 0.212 e. The van der Waals surface area contributed by atoms with Crippen LogP contribution < -0.4 is 4.98 Å². The summed E-state index contributed by atoms with van der Waals surface area (Å²) in [5.74, 6) is 0.917. The highest BCUT2D eigenvalue weighted by Crippen LogP contribution is 2.36. The minimum Gasteiger partial charge on any atom is -0.208 e. The van der Waals surface area contributed by atoms with Crippen LogP contribution in [0.15, 0.2) is 53.4 Å². The molecule has 116 valence electrons. The molecule has 0 spiro atoms. The smallest absolute Gasteiger partial charge is 0.208 e. The van der Waals surface area contributed by atoms with Gasteiger partial charge in [-0.15, -0.1) is 11.8 Å². The van der Waals surface area contributed by atoms with Crippen molar-refractivity contribution in [2.45, 2.75) is 36.3 Å². The molecular weight excluding hydrogens is 322 g/mol. The average Bonchev–Trinajstić information content (AvgIpc) is 2.60. The van der Waals surface area contributed by atoms with Crippen molar-refractivity contribution < 1.29 is 4.98 Å². The molecule has 0 unspecified atom stereocenters. The monoisotopic (exact) mass is 340 g/mol. The number of hydrogen-bond donors (Lipinski definition) is 0. The molecule has 0 fully saturated rings. The van der Waals surface area contributed by atoms with Crippen molar-refractivity contribution in [3.05, 3.63) is 70.4 Å². The number of H-pyrrole nitrogens is 1. The zero-order valence-electron chi connectivity index (χ0n) is 12.9. The van der Waals surface area contributed by atoms with E-state index in [-0.39, 0.29) is 0 Å². The van der Waals surface area contributed by atoms with Gasteiger partial charge in [-0.25, -0.2) is 4.98 Å². The fraction of sp³-hybridized carbons (Fsp3) is 0.250. The number of halogens is 1. The molecule has 0 saturated carbocycles. The summed E-state index contributed by atoms with van der Waals surface area (Å²) in [6.07, 6.45) is 4.93. The fourth-order valence-corrected chi connectivity index (χ4v) is 4.91. The van der Waals surface area contributed by atoms with E-state index in [1.165, 1.54) is 58.3 Å². The van der Waals surface area contributed by atoms with Gasteiger partial charge in [-0.1, -0.05) is 41.9 Å². The van der Waals surface area contributed by atoms with Crippen molar-refractivity contribution in [2.75, 3.05) is 0 Å². The van der Waals surface area contributed by atoms with Crippen LogP contribution in [0.1, 0.15) is 29.7 Å². The molecule has 3 aromatic rings. The van der Waals surface area contributed by atoms with Gasteiger partial charge in [0.05, 0.1) is 5.39 Å². The predicted octanol–water partition coefficient (Wildman–Crippen LogP) is 5.48. The SMILES string of the molecule is Clc1ccccc1CSc1c2c([nH+]c3ccccc13)CCCC2. The highest BCUT2D eigenvalue weighted by Gasteiger charge is 2.23. The molecule has 4 rings (SSSR count). The predicted molar refractivity (Wildman–Crippen MR) is 98.2 cm³/mol. The molecule has 1 N–H and O–H groups in total. The largest absolute Gasteiger partial charge is 0.212 e. The molecule has 0 aliphatic heterocycles. The quantitative estimate of drug-likeness (QED) is 0.576. The minimum absolute atomic E-state index is 0.862. The molecule has 1 aliphatic carbocycles. The van der Waals surface area contributed by atoms with Gasteiger partial charge >= 0.3 is 0 Å². The van der Waals surface area contributed by atoms with E-state index in [4.69, 9.17) is 11.6 Å². The number of rotatable bonds is 3. The summed E-state index contributed by atoms with van der Waals surface area (Å²) >= 11 is 8.26. The minimum atomic E-state index is 0.862. The van der Waals surface area contributed by atoms with Crippen molar-refractivity contribution in [3.63, 3.8) is 0 Å². The normalized spacial score (nSPS) is 14.0. The van der Waals surface area contributed by atoms with Crippen molar-refractivity contribution in [3.8, 4) is 0 Å². The summed E-state index contributed by atoms with van der Waals surface area (Å²) in [6.45, 7) is 0. The number of thioether (sulfide) groups is 1. The molecule has 1 aromatic heterocycles. The van der Waals surface area contributed by atoms with E-state index in [1.54, 1.807) is 0 Å². The molecule has 0 amide bonds. The molecule has 0 radical (unpaired) electrons. The summed E-state index contributed by atoms with van der Waals surface area (Å²) in [7, 11) is 0. The third-order valence-electron chi connectivity index (χ3n) is 4.53.